The first-order chi connectivity index (χ1) is 7.62. The number of unbranched alkanes of at least 4 members (excludes halogenated alkanes) is 5. The molecule has 0 atom stereocenters. The summed E-state index contributed by atoms with van der Waals surface area (Å²) in [5.41, 5.74) is 0. The van der Waals surface area contributed by atoms with Crippen molar-refractivity contribution in [1.29, 1.82) is 0 Å². The molecule has 0 rings (SSSR count). The predicted octanol–water partition coefficient (Wildman–Crippen LogP) is 2.58. The molecule has 16 heavy (non-hydrogen) atoms. The van der Waals surface area contributed by atoms with Crippen molar-refractivity contribution in [2.24, 2.45) is 0 Å². The standard InChI is InChI=1S/C10H22O5S/c1-3-5-6-7-8-9-10-14-16(11,12)15-13-4-2/h3-10H2,1-2H3. The van der Waals surface area contributed by atoms with E-state index in [0.29, 0.717) is 0 Å². The van der Waals surface area contributed by atoms with Gasteiger partial charge in [-0.1, -0.05) is 43.4 Å². The van der Waals surface area contributed by atoms with Gasteiger partial charge >= 0.3 is 10.4 Å². The van der Waals surface area contributed by atoms with Crippen molar-refractivity contribution in [3.05, 3.63) is 0 Å². The lowest BCUT2D eigenvalue weighted by Gasteiger charge is -2.04. The lowest BCUT2D eigenvalue weighted by Crippen LogP contribution is -2.11. The minimum absolute atomic E-state index is 0.154. The highest BCUT2D eigenvalue weighted by atomic mass is 32.3. The van der Waals surface area contributed by atoms with E-state index in [2.05, 4.69) is 20.3 Å². The van der Waals surface area contributed by atoms with Crippen LogP contribution in [0, 0.1) is 0 Å². The van der Waals surface area contributed by atoms with Crippen molar-refractivity contribution in [3.8, 4) is 0 Å². The van der Waals surface area contributed by atoms with Crippen LogP contribution in [0.15, 0.2) is 0 Å². The second-order valence-electron chi connectivity index (χ2n) is 3.47. The van der Waals surface area contributed by atoms with E-state index in [1.54, 1.807) is 6.92 Å². The molecule has 0 radical (unpaired) electrons. The van der Waals surface area contributed by atoms with Gasteiger partial charge in [0.05, 0.1) is 13.2 Å². The molecule has 0 spiro atoms. The Labute approximate surface area is 98.3 Å². The molecule has 0 aliphatic rings. The fourth-order valence-corrected chi connectivity index (χ4v) is 1.75. The van der Waals surface area contributed by atoms with Crippen LogP contribution >= 0.6 is 0 Å². The SMILES string of the molecule is CCCCCCCCOS(=O)(=O)OOCC. The van der Waals surface area contributed by atoms with Gasteiger partial charge in [-0.15, -0.1) is 0 Å². The number of hydrogen-bond donors (Lipinski definition) is 0. The van der Waals surface area contributed by atoms with Gasteiger partial charge in [0.25, 0.3) is 0 Å². The second kappa shape index (κ2) is 10.0. The summed E-state index contributed by atoms with van der Waals surface area (Å²) in [6.07, 6.45) is 6.44. The molecule has 0 aromatic carbocycles. The molecule has 0 amide bonds. The Bertz CT molecular complexity index is 238. The summed E-state index contributed by atoms with van der Waals surface area (Å²) in [6.45, 7) is 4.10. The van der Waals surface area contributed by atoms with Crippen molar-refractivity contribution in [1.82, 2.24) is 0 Å². The van der Waals surface area contributed by atoms with Crippen LogP contribution in [0.1, 0.15) is 52.4 Å². The van der Waals surface area contributed by atoms with Crippen LogP contribution in [0.3, 0.4) is 0 Å². The van der Waals surface area contributed by atoms with Gasteiger partial charge in [-0.25, -0.2) is 9.07 Å². The molecule has 0 aliphatic carbocycles. The van der Waals surface area contributed by atoms with Crippen molar-refractivity contribution < 1.29 is 21.8 Å². The Morgan fingerprint density at radius 2 is 1.56 bits per heavy atom. The quantitative estimate of drug-likeness (QED) is 0.322. The largest absolute Gasteiger partial charge is 0.426 e. The molecule has 0 aromatic heterocycles. The van der Waals surface area contributed by atoms with Crippen LogP contribution in [0.4, 0.5) is 0 Å². The van der Waals surface area contributed by atoms with E-state index in [9.17, 15) is 8.42 Å². The van der Waals surface area contributed by atoms with Gasteiger partial charge in [-0.05, 0) is 13.3 Å². The van der Waals surface area contributed by atoms with Crippen LogP contribution in [0.25, 0.3) is 0 Å². The molecule has 0 N–H and O–H groups in total. The molecule has 0 heterocycles. The summed E-state index contributed by atoms with van der Waals surface area (Å²) in [5.74, 6) is 0. The van der Waals surface area contributed by atoms with Crippen LogP contribution in [0.5, 0.6) is 0 Å². The summed E-state index contributed by atoms with van der Waals surface area (Å²) < 4.78 is 30.5. The normalized spacial score (nSPS) is 11.9. The lowest BCUT2D eigenvalue weighted by molar-refractivity contribution is -0.205. The van der Waals surface area contributed by atoms with Crippen molar-refractivity contribution in [3.63, 3.8) is 0 Å². The van der Waals surface area contributed by atoms with E-state index in [0.717, 1.165) is 19.3 Å². The first-order valence-electron chi connectivity index (χ1n) is 5.82. The van der Waals surface area contributed by atoms with E-state index in [1.165, 1.54) is 19.3 Å². The third kappa shape index (κ3) is 10.4. The third-order valence-electron chi connectivity index (χ3n) is 1.97. The second-order valence-corrected chi connectivity index (χ2v) is 4.66. The third-order valence-corrected chi connectivity index (χ3v) is 2.69. The van der Waals surface area contributed by atoms with E-state index in [4.69, 9.17) is 0 Å². The molecule has 0 fully saturated rings. The van der Waals surface area contributed by atoms with Gasteiger partial charge < -0.3 is 0 Å². The maximum absolute atomic E-state index is 11.0. The molecule has 5 nitrogen and oxygen atoms in total. The molecular weight excluding hydrogens is 232 g/mol. The lowest BCUT2D eigenvalue weighted by atomic mass is 10.1. The highest BCUT2D eigenvalue weighted by Gasteiger charge is 2.11. The Morgan fingerprint density at radius 3 is 2.19 bits per heavy atom. The summed E-state index contributed by atoms with van der Waals surface area (Å²) in [4.78, 5) is 4.30. The van der Waals surface area contributed by atoms with Gasteiger partial charge in [0, 0.05) is 0 Å². The minimum Gasteiger partial charge on any atom is -0.246 e. The average Bonchev–Trinajstić information content (AvgIpc) is 2.25. The Hall–Kier alpha value is -0.170. The molecule has 0 bridgehead atoms. The Morgan fingerprint density at radius 1 is 0.938 bits per heavy atom. The van der Waals surface area contributed by atoms with Gasteiger partial charge in [-0.3, -0.25) is 0 Å². The van der Waals surface area contributed by atoms with Gasteiger partial charge in [0.2, 0.25) is 0 Å². The van der Waals surface area contributed by atoms with Crippen LogP contribution in [-0.2, 0) is 23.8 Å². The molecule has 0 unspecified atom stereocenters. The van der Waals surface area contributed by atoms with E-state index in [-0.39, 0.29) is 13.2 Å². The summed E-state index contributed by atoms with van der Waals surface area (Å²) in [5, 5.41) is 0. The Kier molecular flexibility index (Phi) is 9.91. The smallest absolute Gasteiger partial charge is 0.246 e. The zero-order valence-corrected chi connectivity index (χ0v) is 10.9. The molecule has 0 aliphatic heterocycles. The van der Waals surface area contributed by atoms with Crippen molar-refractivity contribution in [2.45, 2.75) is 52.4 Å². The van der Waals surface area contributed by atoms with Crippen molar-refractivity contribution >= 4 is 10.4 Å². The zero-order valence-electron chi connectivity index (χ0n) is 10.1. The van der Waals surface area contributed by atoms with Crippen molar-refractivity contribution in [2.75, 3.05) is 13.2 Å². The summed E-state index contributed by atoms with van der Waals surface area (Å²) in [7, 11) is -3.96. The molecule has 0 saturated carbocycles. The van der Waals surface area contributed by atoms with Crippen LogP contribution in [-0.4, -0.2) is 21.6 Å². The fourth-order valence-electron chi connectivity index (χ4n) is 1.17. The van der Waals surface area contributed by atoms with E-state index < -0.39 is 10.4 Å². The van der Waals surface area contributed by atoms with Gasteiger partial charge in [-0.2, -0.15) is 8.42 Å². The topological polar surface area (TPSA) is 61.8 Å². The highest BCUT2D eigenvalue weighted by molar-refractivity contribution is 7.81. The fraction of sp³-hybridized carbons (Fsp3) is 1.00. The zero-order chi connectivity index (χ0) is 12.3. The van der Waals surface area contributed by atoms with Crippen LogP contribution in [0.2, 0.25) is 0 Å². The molecule has 0 saturated heterocycles. The molecular formula is C10H22O5S. The predicted molar refractivity (Wildman–Crippen MR) is 61.0 cm³/mol. The first kappa shape index (κ1) is 15.8. The Balaban J connectivity index is 3.36. The maximum atomic E-state index is 11.0. The first-order valence-corrected chi connectivity index (χ1v) is 7.16. The van der Waals surface area contributed by atoms with E-state index in [1.807, 2.05) is 0 Å². The maximum Gasteiger partial charge on any atom is 0.426 e. The molecule has 98 valence electrons. The molecule has 0 aromatic rings. The van der Waals surface area contributed by atoms with Gasteiger partial charge in [0.1, 0.15) is 0 Å². The van der Waals surface area contributed by atoms with Crippen LogP contribution < -0.4 is 0 Å². The highest BCUT2D eigenvalue weighted by Crippen LogP contribution is 2.06. The summed E-state index contributed by atoms with van der Waals surface area (Å²) in [6, 6.07) is 0. The van der Waals surface area contributed by atoms with E-state index >= 15 is 0 Å². The number of rotatable bonds is 11. The molecule has 6 heteroatoms. The minimum atomic E-state index is -3.96. The van der Waals surface area contributed by atoms with Gasteiger partial charge in [0.15, 0.2) is 0 Å². The average molecular weight is 254 g/mol. The number of hydrogen-bond acceptors (Lipinski definition) is 5. The monoisotopic (exact) mass is 254 g/mol. The summed E-state index contributed by atoms with van der Waals surface area (Å²) >= 11 is 0.